The summed E-state index contributed by atoms with van der Waals surface area (Å²) in [7, 11) is 4.90. The number of ether oxygens (including phenoxy) is 5. The molecule has 3 aliphatic carbocycles. The number of piperidine rings is 2. The average Bonchev–Trinajstić information content (AvgIpc) is 1.60. The maximum atomic E-state index is 12.9. The second-order valence-corrected chi connectivity index (χ2v) is 28.4. The minimum absolute atomic E-state index is 0. The van der Waals surface area contributed by atoms with Crippen LogP contribution in [0.25, 0.3) is 56.9 Å². The van der Waals surface area contributed by atoms with Gasteiger partial charge in [-0.3, -0.25) is 33.6 Å². The highest BCUT2D eigenvalue weighted by Gasteiger charge is 2.48. The molecule has 0 bridgehead atoms. The Morgan fingerprint density at radius 3 is 1.31 bits per heavy atom. The quantitative estimate of drug-likeness (QED) is 0.0497. The van der Waals surface area contributed by atoms with E-state index in [1.165, 1.54) is 0 Å². The van der Waals surface area contributed by atoms with Crippen LogP contribution >= 0.6 is 39.1 Å². The number of fused-ring (bicyclic) bond motifs is 11. The van der Waals surface area contributed by atoms with Crippen molar-refractivity contribution in [1.82, 2.24) is 61.1 Å². The lowest BCUT2D eigenvalue weighted by Gasteiger charge is -2.44. The zero-order valence-corrected chi connectivity index (χ0v) is 59.1. The fourth-order valence-electron chi connectivity index (χ4n) is 13.9. The minimum atomic E-state index is -0.923. The first-order chi connectivity index (χ1) is 49.2. The number of Topliss-reactive ketones (excluding diaryl/α,β-unsaturated/α-hetero) is 3. The molecule has 3 aromatic carbocycles. The number of benzene rings is 3. The summed E-state index contributed by atoms with van der Waals surface area (Å²) < 4.78 is 25.9. The van der Waals surface area contributed by atoms with Gasteiger partial charge < -0.3 is 65.1 Å². The molecule has 4 fully saturated rings. The van der Waals surface area contributed by atoms with Crippen molar-refractivity contribution in [2.75, 3.05) is 72.7 Å². The van der Waals surface area contributed by atoms with Crippen LogP contribution in [0.15, 0.2) is 91.4 Å². The van der Waals surface area contributed by atoms with Crippen molar-refractivity contribution >= 4 is 80.1 Å². The van der Waals surface area contributed by atoms with Gasteiger partial charge in [-0.05, 0) is 139 Å². The molecule has 2 spiro atoms. The van der Waals surface area contributed by atoms with Crippen molar-refractivity contribution in [3.63, 3.8) is 0 Å². The summed E-state index contributed by atoms with van der Waals surface area (Å²) in [5.41, 5.74) is 12.8. The fourth-order valence-corrected chi connectivity index (χ4v) is 14.8. The zero-order valence-electron chi connectivity index (χ0n) is 56.0. The molecule has 26 nitrogen and oxygen atoms in total. The van der Waals surface area contributed by atoms with Crippen LogP contribution in [-0.2, 0) is 73.6 Å². The average molecular weight is 1510 g/mol. The number of carbonyl (C=O) groups is 7. The Labute approximate surface area is 611 Å². The highest BCUT2D eigenvalue weighted by atomic mass is 79.9. The molecule has 11 heterocycles. The van der Waals surface area contributed by atoms with Crippen LogP contribution in [0.5, 0.6) is 17.2 Å². The second kappa shape index (κ2) is 30.5. The topological polar surface area (TPSA) is 363 Å². The summed E-state index contributed by atoms with van der Waals surface area (Å²) in [5.74, 6) is 3.58. The van der Waals surface area contributed by atoms with Crippen molar-refractivity contribution < 1.29 is 67.5 Å². The Balaban J connectivity index is 0.000000127. The molecule has 5 aromatic heterocycles. The standard InChI is InChI=1S/C22H21ClN4O3.C22H20N4O3.C15H13BrN2O2.C7H10ClNO3.C7H9NO3.CH4/c1-30-14-5-2-12(3-6-14)20-24-9-13-4-7-15-17-16(25-19(15)18(13)26-20)8-22(10-23,11-28)27-21(17)29;1-28-14-5-2-12(3-6-14)20-23-9-13-4-7-15-17-16(24-19(15)18(13)25-20)8-22(10-29-11-22)26-21(17)27;1-20-11-5-2-9(3-6-11)15-17-8-10-4-7-12(16)14(19)13(10)18-15;8-3-7(4-10)2-5(11)1-6(12)9-7;9-5-1-6(10)8-7(2-5)3-11-4-7;/h2-3,5-6,9,25,28H,4,7-8,10-11H2,1H3,(H,27,29);2-3,5-6,9,24H,4,7-8,10-11H2,1H3,(H,26,27);2-3,5-6,8,12H,4,7H2,1H3;10H,1-4H2,(H,9,12);1-4H2,(H,8,10);1H4. The Hall–Kier alpha value is -9.35. The van der Waals surface area contributed by atoms with Gasteiger partial charge in [0.1, 0.15) is 34.5 Å². The van der Waals surface area contributed by atoms with Gasteiger partial charge in [0, 0.05) is 84.1 Å². The lowest BCUT2D eigenvalue weighted by Crippen LogP contribution is -2.65. The van der Waals surface area contributed by atoms with Crippen LogP contribution < -0.4 is 35.5 Å². The molecule has 17 rings (SSSR count). The summed E-state index contributed by atoms with van der Waals surface area (Å²) in [6.45, 7) is 1.61. The van der Waals surface area contributed by atoms with Crippen LogP contribution in [-0.4, -0.2) is 191 Å². The molecule has 6 aliphatic heterocycles. The molecule has 4 amide bonds. The zero-order chi connectivity index (χ0) is 71.7. The number of carbonyl (C=O) groups excluding carboxylic acids is 7. The first-order valence-electron chi connectivity index (χ1n) is 33.2. The van der Waals surface area contributed by atoms with E-state index in [9.17, 15) is 38.7 Å². The number of methoxy groups -OCH3 is 3. The number of amides is 4. The Morgan fingerprint density at radius 2 is 0.903 bits per heavy atom. The monoisotopic (exact) mass is 1510 g/mol. The third-order valence-electron chi connectivity index (χ3n) is 19.4. The number of aromatic amines is 2. The van der Waals surface area contributed by atoms with E-state index in [1.54, 1.807) is 27.5 Å². The number of hydrogen-bond acceptors (Lipinski definition) is 20. The van der Waals surface area contributed by atoms with Crippen LogP contribution in [0, 0.1) is 0 Å². The first kappa shape index (κ1) is 73.4. The summed E-state index contributed by atoms with van der Waals surface area (Å²) >= 11 is 15.0. The highest BCUT2D eigenvalue weighted by Crippen LogP contribution is 2.42. The van der Waals surface area contributed by atoms with Crippen LogP contribution in [0.4, 0.5) is 0 Å². The van der Waals surface area contributed by atoms with E-state index in [-0.39, 0.29) is 109 Å². The Kier molecular flexibility index (Phi) is 21.8. The predicted molar refractivity (Wildman–Crippen MR) is 384 cm³/mol. The van der Waals surface area contributed by atoms with E-state index in [0.29, 0.717) is 68.0 Å². The number of aliphatic hydroxyl groups excluding tert-OH is 2. The molecule has 3 atom stereocenters. The van der Waals surface area contributed by atoms with Crippen molar-refractivity contribution in [3.05, 3.63) is 147 Å². The SMILES string of the molecule is C.COc1ccc(-c2ncc3c(n2)-c2[nH]c4c(c2CC3)C(=O)NC(CO)(CCl)C4)cc1.COc1ccc(-c2ncc3c(n2)-c2[nH]c4c(c2CC3)C(=O)NC2(COC2)C4)cc1.COc1ccc(-c2ncc3c(n2)C(=O)C(Br)CC3)cc1.O=C1CC(=O)NC(CO)(CCl)C1.O=C1CC(=O)NC2(COC2)C1. The van der Waals surface area contributed by atoms with E-state index in [1.807, 2.05) is 85.2 Å². The van der Waals surface area contributed by atoms with E-state index < -0.39 is 11.1 Å². The first-order valence-corrected chi connectivity index (χ1v) is 35.2. The number of aromatic nitrogens is 8. The van der Waals surface area contributed by atoms with Gasteiger partial charge >= 0.3 is 0 Å². The molecule has 29 heteroatoms. The smallest absolute Gasteiger partial charge is 0.254 e. The molecular formula is C74H77BrCl2N12O14. The number of aliphatic hydroxyl groups is 2. The molecule has 103 heavy (non-hydrogen) atoms. The van der Waals surface area contributed by atoms with Gasteiger partial charge in [0.25, 0.3) is 11.8 Å². The van der Waals surface area contributed by atoms with Crippen molar-refractivity contribution in [2.45, 2.75) is 111 Å². The summed E-state index contributed by atoms with van der Waals surface area (Å²) in [6.07, 6.45) is 12.1. The largest absolute Gasteiger partial charge is 0.497 e. The number of nitrogens with zero attached hydrogens (tertiary/aromatic N) is 6. The number of aryl methyl sites for hydroxylation is 3. The van der Waals surface area contributed by atoms with Gasteiger partial charge in [0.15, 0.2) is 23.3 Å². The molecule has 8 aromatic rings. The third kappa shape index (κ3) is 15.1. The van der Waals surface area contributed by atoms with Gasteiger partial charge in [0.2, 0.25) is 11.8 Å². The van der Waals surface area contributed by atoms with E-state index >= 15 is 0 Å². The number of nitrogens with one attached hydrogen (secondary N) is 6. The minimum Gasteiger partial charge on any atom is -0.497 e. The normalized spacial score (nSPS) is 20.8. The molecule has 0 saturated carbocycles. The van der Waals surface area contributed by atoms with Gasteiger partial charge in [0.05, 0.1) is 135 Å². The molecule has 538 valence electrons. The van der Waals surface area contributed by atoms with Gasteiger partial charge in [-0.15, -0.1) is 23.2 Å². The van der Waals surface area contributed by atoms with Gasteiger partial charge in [-0.2, -0.15) is 0 Å². The van der Waals surface area contributed by atoms with E-state index in [0.717, 1.165) is 146 Å². The Morgan fingerprint density at radius 1 is 0.505 bits per heavy atom. The molecule has 0 radical (unpaired) electrons. The van der Waals surface area contributed by atoms with E-state index in [4.69, 9.17) is 62.0 Å². The maximum Gasteiger partial charge on any atom is 0.254 e. The summed E-state index contributed by atoms with van der Waals surface area (Å²) in [5, 5.41) is 30.1. The van der Waals surface area contributed by atoms with Crippen molar-refractivity contribution in [2.24, 2.45) is 0 Å². The Bertz CT molecular complexity index is 4560. The second-order valence-electron chi connectivity index (χ2n) is 26.8. The maximum absolute atomic E-state index is 12.9. The molecular weight excluding hydrogens is 1430 g/mol. The lowest BCUT2D eigenvalue weighted by molar-refractivity contribution is -0.148. The van der Waals surface area contributed by atoms with Crippen LogP contribution in [0.2, 0.25) is 0 Å². The number of H-pyrrole nitrogens is 2. The molecule has 8 N–H and O–H groups in total. The summed E-state index contributed by atoms with van der Waals surface area (Å²) in [4.78, 5) is 116. The van der Waals surface area contributed by atoms with Gasteiger partial charge in [-0.1, -0.05) is 23.4 Å². The predicted octanol–water partition coefficient (Wildman–Crippen LogP) is 7.15. The van der Waals surface area contributed by atoms with E-state index in [2.05, 4.69) is 67.1 Å². The molecule has 9 aliphatic rings. The number of ketones is 3. The third-order valence-corrected chi connectivity index (χ3v) is 21.3. The van der Waals surface area contributed by atoms with Gasteiger partial charge in [-0.25, -0.2) is 29.9 Å². The number of alkyl halides is 3. The van der Waals surface area contributed by atoms with Crippen molar-refractivity contribution in [3.8, 4) is 74.2 Å². The fraction of sp³-hybridized carbons (Fsp3) is 0.392. The lowest BCUT2D eigenvalue weighted by atomic mass is 9.84. The summed E-state index contributed by atoms with van der Waals surface area (Å²) in [6, 6.07) is 22.8. The molecule has 4 saturated heterocycles. The number of hydrogen-bond donors (Lipinski definition) is 8. The molecule has 3 unspecified atom stereocenters. The number of rotatable bonds is 10. The van der Waals surface area contributed by atoms with Crippen molar-refractivity contribution in [1.29, 1.82) is 0 Å². The highest BCUT2D eigenvalue weighted by molar-refractivity contribution is 9.10. The van der Waals surface area contributed by atoms with Crippen LogP contribution in [0.3, 0.4) is 0 Å². The van der Waals surface area contributed by atoms with Crippen LogP contribution in [0.1, 0.15) is 110 Å². The number of halogens is 3.